The van der Waals surface area contributed by atoms with E-state index in [-0.39, 0.29) is 18.0 Å². The van der Waals surface area contributed by atoms with Crippen LogP contribution >= 0.6 is 0 Å². The van der Waals surface area contributed by atoms with Crippen molar-refractivity contribution in [1.29, 1.82) is 0 Å². The molecule has 0 saturated carbocycles. The molecule has 0 aromatic heterocycles. The zero-order valence-electron chi connectivity index (χ0n) is 20.5. The topological polar surface area (TPSA) is 69.7 Å². The van der Waals surface area contributed by atoms with E-state index in [0.29, 0.717) is 30.6 Å². The van der Waals surface area contributed by atoms with Crippen molar-refractivity contribution in [2.75, 3.05) is 16.3 Å². The monoisotopic (exact) mass is 537 g/mol. The minimum atomic E-state index is -4.60. The van der Waals surface area contributed by atoms with Crippen LogP contribution in [0, 0.1) is 11.2 Å². The number of rotatable bonds is 2. The Labute approximate surface area is 221 Å². The van der Waals surface area contributed by atoms with Crippen LogP contribution in [0.4, 0.5) is 33.7 Å². The number of benzene rings is 3. The molecule has 3 aliphatic heterocycles. The first-order valence-electron chi connectivity index (χ1n) is 12.6. The molecule has 10 heteroatoms. The summed E-state index contributed by atoms with van der Waals surface area (Å²) in [5, 5.41) is 2.28. The summed E-state index contributed by atoms with van der Waals surface area (Å²) in [4.78, 5) is 43.4. The number of piperidine rings is 1. The number of imide groups is 2. The lowest BCUT2D eigenvalue weighted by molar-refractivity contribution is -0.145. The van der Waals surface area contributed by atoms with Crippen molar-refractivity contribution < 1.29 is 31.9 Å². The number of nitrogens with one attached hydrogen (secondary N) is 1. The van der Waals surface area contributed by atoms with E-state index in [9.17, 15) is 27.6 Å². The number of anilines is 2. The van der Waals surface area contributed by atoms with Crippen molar-refractivity contribution in [2.45, 2.75) is 37.4 Å². The lowest BCUT2D eigenvalue weighted by atomic mass is 9.64. The van der Waals surface area contributed by atoms with Crippen LogP contribution < -0.4 is 15.1 Å². The maximum absolute atomic E-state index is 15.2. The second-order valence-corrected chi connectivity index (χ2v) is 10.2. The van der Waals surface area contributed by atoms with Gasteiger partial charge in [-0.1, -0.05) is 42.5 Å². The third-order valence-corrected chi connectivity index (χ3v) is 8.14. The number of hydrogen-bond donors (Lipinski definition) is 1. The fraction of sp³-hybridized carbons (Fsp3) is 0.276. The lowest BCUT2D eigenvalue weighted by Crippen LogP contribution is -2.73. The number of alkyl halides is 3. The fourth-order valence-corrected chi connectivity index (χ4v) is 6.31. The maximum atomic E-state index is 15.2. The summed E-state index contributed by atoms with van der Waals surface area (Å²) in [6.07, 6.45) is -3.76. The van der Waals surface area contributed by atoms with Crippen LogP contribution in [0.2, 0.25) is 0 Å². The van der Waals surface area contributed by atoms with Crippen LogP contribution in [0.15, 0.2) is 72.8 Å². The van der Waals surface area contributed by atoms with Crippen molar-refractivity contribution in [3.63, 3.8) is 0 Å². The summed E-state index contributed by atoms with van der Waals surface area (Å²) >= 11 is 0. The van der Waals surface area contributed by atoms with Gasteiger partial charge in [-0.3, -0.25) is 14.9 Å². The Morgan fingerprint density at radius 1 is 0.897 bits per heavy atom. The molecule has 2 fully saturated rings. The Kier molecular flexibility index (Phi) is 5.74. The molecule has 2 saturated heterocycles. The van der Waals surface area contributed by atoms with E-state index in [1.165, 1.54) is 12.1 Å². The van der Waals surface area contributed by atoms with E-state index in [4.69, 9.17) is 0 Å². The number of carbonyl (C=O) groups is 3. The Morgan fingerprint density at radius 3 is 2.31 bits per heavy atom. The van der Waals surface area contributed by atoms with E-state index in [2.05, 4.69) is 5.32 Å². The molecule has 1 N–H and O–H groups in total. The normalized spacial score (nSPS) is 24.9. The molecule has 3 atom stereocenters. The predicted molar refractivity (Wildman–Crippen MR) is 135 cm³/mol. The third-order valence-electron chi connectivity index (χ3n) is 8.14. The summed E-state index contributed by atoms with van der Waals surface area (Å²) in [6.45, 7) is 0.370. The van der Waals surface area contributed by atoms with Crippen molar-refractivity contribution >= 4 is 29.2 Å². The van der Waals surface area contributed by atoms with Crippen molar-refractivity contribution in [1.82, 2.24) is 5.32 Å². The predicted octanol–water partition coefficient (Wildman–Crippen LogP) is 5.42. The first-order chi connectivity index (χ1) is 18.6. The molecule has 4 amide bonds. The number of urea groups is 1. The number of barbiturate groups is 1. The van der Waals surface area contributed by atoms with Gasteiger partial charge in [-0.15, -0.1) is 0 Å². The molecule has 3 heterocycles. The number of nitrogens with zero attached hydrogens (tertiary/aromatic N) is 2. The van der Waals surface area contributed by atoms with Crippen LogP contribution in [0.5, 0.6) is 0 Å². The minimum absolute atomic E-state index is 0.0320. The molecule has 0 bridgehead atoms. The van der Waals surface area contributed by atoms with Crippen molar-refractivity contribution in [3.05, 3.63) is 95.3 Å². The summed E-state index contributed by atoms with van der Waals surface area (Å²) in [7, 11) is 0. The third kappa shape index (κ3) is 3.88. The molecule has 200 valence electrons. The number of amides is 4. The van der Waals surface area contributed by atoms with Crippen LogP contribution in [0.1, 0.15) is 35.4 Å². The van der Waals surface area contributed by atoms with Crippen LogP contribution in [0.3, 0.4) is 0 Å². The van der Waals surface area contributed by atoms with E-state index >= 15 is 4.39 Å². The lowest BCUT2D eigenvalue weighted by Gasteiger charge is -2.54. The smallest absolute Gasteiger partial charge is 0.364 e. The average molecular weight is 538 g/mol. The Morgan fingerprint density at radius 2 is 1.62 bits per heavy atom. The molecule has 3 aromatic rings. The Hall–Kier alpha value is -4.21. The molecule has 39 heavy (non-hydrogen) atoms. The highest BCUT2D eigenvalue weighted by atomic mass is 19.4. The second-order valence-electron chi connectivity index (χ2n) is 10.2. The molecule has 1 spiro atoms. The number of hydrogen-bond acceptors (Lipinski definition) is 4. The number of carbonyl (C=O) groups excluding carboxylic acids is 3. The summed E-state index contributed by atoms with van der Waals surface area (Å²) < 4.78 is 54.6. The molecular formula is C29H23F4N3O3. The van der Waals surface area contributed by atoms with Gasteiger partial charge in [0.1, 0.15) is 5.82 Å². The molecule has 0 unspecified atom stereocenters. The van der Waals surface area contributed by atoms with Crippen molar-refractivity contribution in [2.24, 2.45) is 5.41 Å². The molecule has 3 aromatic carbocycles. The summed E-state index contributed by atoms with van der Waals surface area (Å²) in [5.41, 5.74) is -1.03. The van der Waals surface area contributed by atoms with E-state index < -0.39 is 46.9 Å². The molecule has 3 aliphatic rings. The quantitative estimate of drug-likeness (QED) is 0.350. The standard InChI is InChI=1S/C29H23F4N3O3/c30-22-8-4-7-19-16-28(23-15-18(13-14-35(23)24(19)22)17-5-2-1-3-6-17)25(37)34-27(39)36(26(28)38)21-11-9-20(10-12-21)29(31,32)33/h1-12,18,23H,13-16H2,(H,34,37,39)/t18-,23+,28+/m0/s1. The van der Waals surface area contributed by atoms with Gasteiger partial charge in [0, 0.05) is 6.54 Å². The highest BCUT2D eigenvalue weighted by molar-refractivity contribution is 6.30. The second kappa shape index (κ2) is 8.93. The largest absolute Gasteiger partial charge is 0.416 e. The van der Waals surface area contributed by atoms with Crippen molar-refractivity contribution in [3.8, 4) is 0 Å². The molecule has 6 nitrogen and oxygen atoms in total. The average Bonchev–Trinajstić information content (AvgIpc) is 2.92. The minimum Gasteiger partial charge on any atom is -0.364 e. The van der Waals surface area contributed by atoms with Gasteiger partial charge in [0.25, 0.3) is 5.91 Å². The van der Waals surface area contributed by atoms with Gasteiger partial charge in [0.2, 0.25) is 5.91 Å². The first kappa shape index (κ1) is 25.1. The zero-order chi connectivity index (χ0) is 27.5. The Balaban J connectivity index is 1.47. The van der Waals surface area contributed by atoms with Gasteiger partial charge in [0.15, 0.2) is 5.41 Å². The van der Waals surface area contributed by atoms with Crippen LogP contribution in [0.25, 0.3) is 0 Å². The van der Waals surface area contributed by atoms with Gasteiger partial charge in [-0.2, -0.15) is 13.2 Å². The SMILES string of the molecule is O=C1NC(=O)[C@]2(Cc3cccc(F)c3N3CC[C@H](c4ccccc4)C[C@@H]32)C(=O)N1c1ccc(C(F)(F)F)cc1. The van der Waals surface area contributed by atoms with Gasteiger partial charge in [0.05, 0.1) is 23.0 Å². The first-order valence-corrected chi connectivity index (χ1v) is 12.6. The fourth-order valence-electron chi connectivity index (χ4n) is 6.31. The van der Waals surface area contributed by atoms with Gasteiger partial charge < -0.3 is 4.90 Å². The zero-order valence-corrected chi connectivity index (χ0v) is 20.5. The van der Waals surface area contributed by atoms with E-state index in [1.807, 2.05) is 30.3 Å². The van der Waals surface area contributed by atoms with Gasteiger partial charge in [-0.05, 0) is 66.6 Å². The molecular weight excluding hydrogens is 514 g/mol. The van der Waals surface area contributed by atoms with Crippen LogP contribution in [-0.2, 0) is 22.2 Å². The summed E-state index contributed by atoms with van der Waals surface area (Å²) in [5.74, 6) is -2.13. The van der Waals surface area contributed by atoms with Gasteiger partial charge in [-0.25, -0.2) is 14.1 Å². The number of para-hydroxylation sites is 1. The number of fused-ring (bicyclic) bond motifs is 4. The molecule has 6 rings (SSSR count). The maximum Gasteiger partial charge on any atom is 0.416 e. The van der Waals surface area contributed by atoms with Gasteiger partial charge >= 0.3 is 12.2 Å². The van der Waals surface area contributed by atoms with E-state index in [0.717, 1.165) is 34.7 Å². The van der Waals surface area contributed by atoms with Crippen LogP contribution in [-0.4, -0.2) is 30.4 Å². The molecule has 0 radical (unpaired) electrons. The summed E-state index contributed by atoms with van der Waals surface area (Å²) in [6, 6.07) is 15.9. The highest BCUT2D eigenvalue weighted by Crippen LogP contribution is 2.51. The van der Waals surface area contributed by atoms with E-state index in [1.54, 1.807) is 11.0 Å². The number of halogens is 4. The molecule has 0 aliphatic carbocycles. The Bertz CT molecular complexity index is 1480. The highest BCUT2D eigenvalue weighted by Gasteiger charge is 2.63.